The largest absolute Gasteiger partial charge is 0.476 e. The molecule has 1 unspecified atom stereocenters. The number of thiophene rings is 1. The Morgan fingerprint density at radius 2 is 1.34 bits per heavy atom. The number of rotatable bonds is 12. The topological polar surface area (TPSA) is 9.23 Å². The molecule has 0 amide bonds. The first kappa shape index (κ1) is 27.6. The Bertz CT molecular complexity index is 1180. The number of thioether (sulfide) groups is 1. The van der Waals surface area contributed by atoms with Crippen molar-refractivity contribution in [3.8, 4) is 0 Å². The van der Waals surface area contributed by atoms with Crippen molar-refractivity contribution in [1.29, 1.82) is 0 Å². The average Bonchev–Trinajstić information content (AvgIpc) is 3.51. The highest BCUT2D eigenvalue weighted by Gasteiger charge is 2.48. The molecule has 3 heteroatoms. The van der Waals surface area contributed by atoms with Crippen LogP contribution in [0.4, 0.5) is 0 Å². The van der Waals surface area contributed by atoms with Crippen LogP contribution in [0.2, 0.25) is 0 Å². The van der Waals surface area contributed by atoms with Crippen LogP contribution in [0.25, 0.3) is 4.91 Å². The Hall–Kier alpha value is -1.97. The fraction of sp³-hybridized carbons (Fsp3) is 0.486. The molecule has 2 aromatic carbocycles. The molecule has 1 aromatic heterocycles. The van der Waals surface area contributed by atoms with Gasteiger partial charge in [0.1, 0.15) is 5.76 Å². The predicted molar refractivity (Wildman–Crippen MR) is 167 cm³/mol. The van der Waals surface area contributed by atoms with Crippen LogP contribution in [0.1, 0.15) is 116 Å². The normalized spacial score (nSPS) is 17.8. The fourth-order valence-electron chi connectivity index (χ4n) is 6.03. The first-order valence-corrected chi connectivity index (χ1v) is 16.6. The molecule has 3 aromatic rings. The molecule has 0 fully saturated rings. The summed E-state index contributed by atoms with van der Waals surface area (Å²) in [5.41, 5.74) is 6.10. The summed E-state index contributed by atoms with van der Waals surface area (Å²) in [6, 6.07) is 21.2. The van der Waals surface area contributed by atoms with Crippen LogP contribution in [-0.2, 0) is 23.2 Å². The second-order valence-electron chi connectivity index (χ2n) is 11.3. The van der Waals surface area contributed by atoms with Crippen LogP contribution < -0.4 is 0 Å². The summed E-state index contributed by atoms with van der Waals surface area (Å²) < 4.78 is 7.25. The molecule has 0 saturated carbocycles. The van der Waals surface area contributed by atoms with E-state index in [9.17, 15) is 0 Å². The molecule has 1 nitrogen and oxygen atoms in total. The van der Waals surface area contributed by atoms with Gasteiger partial charge >= 0.3 is 0 Å². The Morgan fingerprint density at radius 1 is 0.789 bits per heavy atom. The zero-order chi connectivity index (χ0) is 26.5. The van der Waals surface area contributed by atoms with Gasteiger partial charge in [0.05, 0.1) is 9.78 Å². The van der Waals surface area contributed by atoms with Crippen LogP contribution in [0.5, 0.6) is 0 Å². The molecule has 0 aliphatic carbocycles. The van der Waals surface area contributed by atoms with E-state index in [0.717, 1.165) is 19.3 Å². The monoisotopic (exact) mass is 544 g/mol. The van der Waals surface area contributed by atoms with Crippen molar-refractivity contribution in [3.63, 3.8) is 0 Å². The Kier molecular flexibility index (Phi) is 9.06. The number of unbranched alkanes of at least 4 members (excludes halogenated alkanes) is 6. The Morgan fingerprint density at radius 3 is 1.87 bits per heavy atom. The zero-order valence-electron chi connectivity index (χ0n) is 23.8. The molecule has 0 spiro atoms. The van der Waals surface area contributed by atoms with E-state index in [2.05, 4.69) is 82.3 Å². The van der Waals surface area contributed by atoms with Crippen molar-refractivity contribution >= 4 is 28.0 Å². The van der Waals surface area contributed by atoms with E-state index in [1.807, 2.05) is 23.1 Å². The molecule has 0 radical (unpaired) electrons. The van der Waals surface area contributed by atoms with E-state index < -0.39 is 5.60 Å². The molecule has 5 rings (SSSR count). The van der Waals surface area contributed by atoms with Gasteiger partial charge in [-0.15, -0.1) is 23.1 Å². The van der Waals surface area contributed by atoms with E-state index in [1.165, 1.54) is 99.6 Å². The van der Waals surface area contributed by atoms with Crippen LogP contribution >= 0.6 is 23.1 Å². The van der Waals surface area contributed by atoms with Gasteiger partial charge in [0.25, 0.3) is 0 Å². The number of aryl methyl sites for hydroxylation is 3. The van der Waals surface area contributed by atoms with E-state index in [0.29, 0.717) is 5.25 Å². The molecule has 0 bridgehead atoms. The third-order valence-corrected chi connectivity index (χ3v) is 10.6. The minimum absolute atomic E-state index is 0.557. The summed E-state index contributed by atoms with van der Waals surface area (Å²) >= 11 is 3.93. The van der Waals surface area contributed by atoms with Crippen molar-refractivity contribution in [2.24, 2.45) is 0 Å². The minimum atomic E-state index is -0.592. The lowest BCUT2D eigenvalue weighted by atomic mass is 9.78. The van der Waals surface area contributed by atoms with Crippen molar-refractivity contribution in [1.82, 2.24) is 0 Å². The zero-order valence-corrected chi connectivity index (χ0v) is 25.4. The molecular formula is C35H44OS2. The minimum Gasteiger partial charge on any atom is -0.476 e. The Balaban J connectivity index is 1.53. The number of ether oxygens (including phenoxy) is 1. The maximum atomic E-state index is 7.25. The smallest absolute Gasteiger partial charge is 0.185 e. The molecule has 1 atom stereocenters. The Labute approximate surface area is 239 Å². The molecule has 202 valence electrons. The molecule has 3 heterocycles. The lowest BCUT2D eigenvalue weighted by Crippen LogP contribution is -2.35. The second kappa shape index (κ2) is 12.5. The maximum Gasteiger partial charge on any atom is 0.185 e. The van der Waals surface area contributed by atoms with E-state index in [1.54, 1.807) is 0 Å². The predicted octanol–water partition coefficient (Wildman–Crippen LogP) is 10.8. The molecule has 2 aliphatic heterocycles. The molecular weight excluding hydrogens is 501 g/mol. The fourth-order valence-corrected chi connectivity index (χ4v) is 8.43. The van der Waals surface area contributed by atoms with Gasteiger partial charge in [-0.2, -0.15) is 0 Å². The van der Waals surface area contributed by atoms with E-state index in [4.69, 9.17) is 4.74 Å². The van der Waals surface area contributed by atoms with Gasteiger partial charge in [0.2, 0.25) is 0 Å². The molecule has 38 heavy (non-hydrogen) atoms. The van der Waals surface area contributed by atoms with Gasteiger partial charge in [0.15, 0.2) is 5.60 Å². The second-order valence-corrected chi connectivity index (χ2v) is 14.0. The molecule has 0 N–H and O–H groups in total. The maximum absolute atomic E-state index is 7.25. The lowest BCUT2D eigenvalue weighted by molar-refractivity contribution is 0.0649. The van der Waals surface area contributed by atoms with Gasteiger partial charge in [-0.25, -0.2) is 0 Å². The van der Waals surface area contributed by atoms with Crippen LogP contribution in [0.3, 0.4) is 0 Å². The van der Waals surface area contributed by atoms with Gasteiger partial charge in [0, 0.05) is 33.2 Å². The lowest BCUT2D eigenvalue weighted by Gasteiger charge is -2.40. The standard InChI is InChI=1S/C35H44OS2/c1-5-7-9-11-13-27-15-19-29(20-16-27)35(30-21-17-28(18-22-30)14-12-10-8-6-2)31-23-25(3)37-33(31)34-32(36-35)24-26(4)38-34/h15-23,26H,5-14,24H2,1-4H3. The highest BCUT2D eigenvalue weighted by Crippen LogP contribution is 2.58. The summed E-state index contributed by atoms with van der Waals surface area (Å²) in [7, 11) is 0. The van der Waals surface area contributed by atoms with Crippen LogP contribution in [0.15, 0.2) is 60.4 Å². The van der Waals surface area contributed by atoms with E-state index >= 15 is 0 Å². The number of hydrogen-bond donors (Lipinski definition) is 0. The van der Waals surface area contributed by atoms with Crippen molar-refractivity contribution in [2.45, 2.75) is 109 Å². The third-order valence-electron chi connectivity index (χ3n) is 8.12. The van der Waals surface area contributed by atoms with Crippen molar-refractivity contribution in [3.05, 3.63) is 97.9 Å². The summed E-state index contributed by atoms with van der Waals surface area (Å²) in [5.74, 6) is 1.18. The SMILES string of the molecule is CCCCCCc1ccc(C2(c3ccc(CCCCCC)cc3)OC3=C(SC(C)C3)c3sc(C)cc32)cc1. The quantitative estimate of drug-likeness (QED) is 0.210. The highest BCUT2D eigenvalue weighted by atomic mass is 32.2. The first-order valence-electron chi connectivity index (χ1n) is 14.9. The highest BCUT2D eigenvalue weighted by molar-refractivity contribution is 8.09. The molecule has 2 aliphatic rings. The summed E-state index contributed by atoms with van der Waals surface area (Å²) in [6.07, 6.45) is 13.7. The number of hydrogen-bond acceptors (Lipinski definition) is 3. The van der Waals surface area contributed by atoms with Crippen molar-refractivity contribution < 1.29 is 4.74 Å². The summed E-state index contributed by atoms with van der Waals surface area (Å²) in [4.78, 5) is 4.16. The third kappa shape index (κ3) is 5.65. The summed E-state index contributed by atoms with van der Waals surface area (Å²) in [6.45, 7) is 9.13. The van der Waals surface area contributed by atoms with E-state index in [-0.39, 0.29) is 0 Å². The number of allylic oxidation sites excluding steroid dienone is 1. The van der Waals surface area contributed by atoms with Crippen LogP contribution in [0, 0.1) is 6.92 Å². The molecule has 0 saturated heterocycles. The summed E-state index contributed by atoms with van der Waals surface area (Å²) in [5, 5.41) is 0.557. The number of fused-ring (bicyclic) bond motifs is 2. The average molecular weight is 545 g/mol. The van der Waals surface area contributed by atoms with Gasteiger partial charge < -0.3 is 4.74 Å². The first-order chi connectivity index (χ1) is 18.5. The van der Waals surface area contributed by atoms with Crippen molar-refractivity contribution in [2.75, 3.05) is 0 Å². The van der Waals surface area contributed by atoms with Gasteiger partial charge in [-0.1, -0.05) is 108 Å². The van der Waals surface area contributed by atoms with Gasteiger partial charge in [-0.3, -0.25) is 0 Å². The number of benzene rings is 2. The van der Waals surface area contributed by atoms with Crippen LogP contribution in [-0.4, -0.2) is 5.25 Å². The van der Waals surface area contributed by atoms with Gasteiger partial charge in [-0.05, 0) is 49.8 Å².